The van der Waals surface area contributed by atoms with Crippen LogP contribution in [0.5, 0.6) is 0 Å². The van der Waals surface area contributed by atoms with Gasteiger partial charge < -0.3 is 21.1 Å². The van der Waals surface area contributed by atoms with E-state index < -0.39 is 6.09 Å². The number of carbonyl (C=O) groups is 2. The Morgan fingerprint density at radius 1 is 0.818 bits per heavy atom. The molecule has 6 heteroatoms. The van der Waals surface area contributed by atoms with Gasteiger partial charge in [-0.1, -0.05) is 42.5 Å². The molecule has 3 amide bonds. The van der Waals surface area contributed by atoms with Crippen molar-refractivity contribution in [1.82, 2.24) is 10.6 Å². The monoisotopic (exact) mass is 299 g/mol. The zero-order valence-corrected chi connectivity index (χ0v) is 11.9. The smallest absolute Gasteiger partial charge is 0.404 e. The van der Waals surface area contributed by atoms with Crippen LogP contribution in [0.15, 0.2) is 54.6 Å². The van der Waals surface area contributed by atoms with Gasteiger partial charge in [-0.2, -0.15) is 0 Å². The lowest BCUT2D eigenvalue weighted by atomic mass is 10.2. The summed E-state index contributed by atoms with van der Waals surface area (Å²) in [7, 11) is 0. The zero-order valence-electron chi connectivity index (χ0n) is 11.9. The highest BCUT2D eigenvalue weighted by Gasteiger charge is 2.02. The summed E-state index contributed by atoms with van der Waals surface area (Å²) in [5.74, 6) is 0. The number of rotatable bonds is 5. The van der Waals surface area contributed by atoms with E-state index in [0.29, 0.717) is 12.2 Å². The molecule has 0 aromatic heterocycles. The first-order valence-electron chi connectivity index (χ1n) is 6.78. The van der Waals surface area contributed by atoms with Gasteiger partial charge in [0.2, 0.25) is 0 Å². The van der Waals surface area contributed by atoms with E-state index in [1.807, 2.05) is 30.3 Å². The van der Waals surface area contributed by atoms with Gasteiger partial charge in [0.15, 0.2) is 0 Å². The van der Waals surface area contributed by atoms with Crippen LogP contribution < -0.4 is 16.0 Å². The van der Waals surface area contributed by atoms with Gasteiger partial charge in [0, 0.05) is 18.8 Å². The van der Waals surface area contributed by atoms with Crippen molar-refractivity contribution in [2.75, 3.05) is 5.32 Å². The van der Waals surface area contributed by atoms with Crippen molar-refractivity contribution in [3.05, 3.63) is 65.7 Å². The molecule has 0 aliphatic carbocycles. The van der Waals surface area contributed by atoms with Crippen LogP contribution in [0.1, 0.15) is 11.1 Å². The Bertz CT molecular complexity index is 627. The molecule has 2 aromatic rings. The van der Waals surface area contributed by atoms with Crippen molar-refractivity contribution in [3.63, 3.8) is 0 Å². The second kappa shape index (κ2) is 7.68. The second-order valence-electron chi connectivity index (χ2n) is 4.65. The molecule has 0 radical (unpaired) electrons. The van der Waals surface area contributed by atoms with Crippen molar-refractivity contribution in [1.29, 1.82) is 0 Å². The fourth-order valence-corrected chi connectivity index (χ4v) is 1.84. The second-order valence-corrected chi connectivity index (χ2v) is 4.65. The number of amides is 3. The average Bonchev–Trinajstić information content (AvgIpc) is 2.53. The minimum atomic E-state index is -1.07. The summed E-state index contributed by atoms with van der Waals surface area (Å²) >= 11 is 0. The van der Waals surface area contributed by atoms with Crippen LogP contribution >= 0.6 is 0 Å². The Kier molecular flexibility index (Phi) is 5.37. The lowest BCUT2D eigenvalue weighted by Crippen LogP contribution is -2.28. The quantitative estimate of drug-likeness (QED) is 0.684. The molecule has 0 spiro atoms. The number of nitrogens with one attached hydrogen (secondary N) is 3. The molecule has 6 nitrogen and oxygen atoms in total. The Morgan fingerprint density at radius 2 is 1.41 bits per heavy atom. The summed E-state index contributed by atoms with van der Waals surface area (Å²) in [5, 5.41) is 16.3. The number of carboxylic acid groups (broad SMARTS) is 1. The van der Waals surface area contributed by atoms with Crippen LogP contribution in [-0.2, 0) is 13.1 Å². The minimum Gasteiger partial charge on any atom is -0.465 e. The van der Waals surface area contributed by atoms with E-state index >= 15 is 0 Å². The van der Waals surface area contributed by atoms with Crippen molar-refractivity contribution < 1.29 is 14.7 Å². The first kappa shape index (κ1) is 15.4. The fourth-order valence-electron chi connectivity index (χ4n) is 1.84. The van der Waals surface area contributed by atoms with E-state index in [1.54, 1.807) is 24.3 Å². The summed E-state index contributed by atoms with van der Waals surface area (Å²) in [4.78, 5) is 22.2. The predicted octanol–water partition coefficient (Wildman–Crippen LogP) is 2.78. The van der Waals surface area contributed by atoms with E-state index in [0.717, 1.165) is 11.1 Å². The molecule has 0 saturated heterocycles. The van der Waals surface area contributed by atoms with Gasteiger partial charge >= 0.3 is 12.1 Å². The molecule has 2 aromatic carbocycles. The Balaban J connectivity index is 1.80. The molecular formula is C16H17N3O3. The van der Waals surface area contributed by atoms with Gasteiger partial charge in [0.1, 0.15) is 0 Å². The molecule has 0 atom stereocenters. The van der Waals surface area contributed by atoms with Crippen molar-refractivity contribution in [3.8, 4) is 0 Å². The summed E-state index contributed by atoms with van der Waals surface area (Å²) in [5.41, 5.74) is 2.48. The van der Waals surface area contributed by atoms with Gasteiger partial charge in [-0.15, -0.1) is 0 Å². The molecular weight excluding hydrogens is 282 g/mol. The third kappa shape index (κ3) is 5.16. The summed E-state index contributed by atoms with van der Waals surface area (Å²) in [6.45, 7) is 0.684. The van der Waals surface area contributed by atoms with Gasteiger partial charge in [0.05, 0.1) is 0 Å². The third-order valence-electron chi connectivity index (χ3n) is 2.95. The van der Waals surface area contributed by atoms with Gasteiger partial charge in [0.25, 0.3) is 0 Å². The molecule has 0 fully saturated rings. The Hall–Kier alpha value is -3.02. The van der Waals surface area contributed by atoms with Crippen LogP contribution in [0.2, 0.25) is 0 Å². The van der Waals surface area contributed by atoms with Gasteiger partial charge in [-0.25, -0.2) is 9.59 Å². The van der Waals surface area contributed by atoms with Crippen molar-refractivity contribution >= 4 is 17.8 Å². The highest BCUT2D eigenvalue weighted by Crippen LogP contribution is 2.09. The third-order valence-corrected chi connectivity index (χ3v) is 2.95. The molecule has 22 heavy (non-hydrogen) atoms. The average molecular weight is 299 g/mol. The van der Waals surface area contributed by atoms with Crippen LogP contribution in [-0.4, -0.2) is 17.2 Å². The highest BCUT2D eigenvalue weighted by molar-refractivity contribution is 5.89. The number of hydrogen-bond donors (Lipinski definition) is 4. The molecule has 114 valence electrons. The lowest BCUT2D eigenvalue weighted by molar-refractivity contribution is 0.194. The van der Waals surface area contributed by atoms with Gasteiger partial charge in [-0.05, 0) is 23.3 Å². The standard InChI is InChI=1S/C16H17N3O3/c20-15(17-10-12-4-2-1-3-5-12)19-14-8-6-13(7-9-14)11-18-16(21)22/h1-9,18H,10-11H2,(H,21,22)(H2,17,19,20). The first-order valence-corrected chi connectivity index (χ1v) is 6.78. The molecule has 4 N–H and O–H groups in total. The summed E-state index contributed by atoms with van der Waals surface area (Å²) in [6.07, 6.45) is -1.07. The van der Waals surface area contributed by atoms with E-state index in [9.17, 15) is 9.59 Å². The number of carbonyl (C=O) groups excluding carboxylic acids is 1. The number of benzene rings is 2. The molecule has 0 aliphatic heterocycles. The summed E-state index contributed by atoms with van der Waals surface area (Å²) in [6, 6.07) is 16.3. The maximum absolute atomic E-state index is 11.8. The van der Waals surface area contributed by atoms with E-state index in [-0.39, 0.29) is 12.6 Å². The molecule has 0 heterocycles. The van der Waals surface area contributed by atoms with E-state index in [1.165, 1.54) is 0 Å². The predicted molar refractivity (Wildman–Crippen MR) is 83.6 cm³/mol. The SMILES string of the molecule is O=C(O)NCc1ccc(NC(=O)NCc2ccccc2)cc1. The van der Waals surface area contributed by atoms with Crippen LogP contribution in [0, 0.1) is 0 Å². The number of anilines is 1. The van der Waals surface area contributed by atoms with Crippen molar-refractivity contribution in [2.24, 2.45) is 0 Å². The first-order chi connectivity index (χ1) is 10.6. The van der Waals surface area contributed by atoms with Crippen LogP contribution in [0.3, 0.4) is 0 Å². The molecule has 0 bridgehead atoms. The van der Waals surface area contributed by atoms with Gasteiger partial charge in [-0.3, -0.25) is 0 Å². The fraction of sp³-hybridized carbons (Fsp3) is 0.125. The topological polar surface area (TPSA) is 90.5 Å². The maximum Gasteiger partial charge on any atom is 0.404 e. The maximum atomic E-state index is 11.8. The van der Waals surface area contributed by atoms with Crippen molar-refractivity contribution in [2.45, 2.75) is 13.1 Å². The molecule has 0 saturated carbocycles. The highest BCUT2D eigenvalue weighted by atomic mass is 16.4. The lowest BCUT2D eigenvalue weighted by Gasteiger charge is -2.08. The minimum absolute atomic E-state index is 0.232. The zero-order chi connectivity index (χ0) is 15.8. The molecule has 0 unspecified atom stereocenters. The van der Waals surface area contributed by atoms with Crippen LogP contribution in [0.4, 0.5) is 15.3 Å². The van der Waals surface area contributed by atoms with E-state index in [2.05, 4.69) is 16.0 Å². The Labute approximate surface area is 128 Å². The summed E-state index contributed by atoms with van der Waals surface area (Å²) < 4.78 is 0. The Morgan fingerprint density at radius 3 is 2.05 bits per heavy atom. The largest absolute Gasteiger partial charge is 0.465 e. The molecule has 0 aliphatic rings. The van der Waals surface area contributed by atoms with E-state index in [4.69, 9.17) is 5.11 Å². The normalized spacial score (nSPS) is 9.82. The number of hydrogen-bond acceptors (Lipinski definition) is 2. The molecule has 2 rings (SSSR count). The van der Waals surface area contributed by atoms with Crippen LogP contribution in [0.25, 0.3) is 0 Å². The number of urea groups is 1.